The molecule has 8 heteroatoms. The second kappa shape index (κ2) is 8.03. The molecular weight excluding hydrogens is 282 g/mol. The zero-order valence-corrected chi connectivity index (χ0v) is 10.8. The molecule has 0 heterocycles. The average molecular weight is 297 g/mol. The van der Waals surface area contributed by atoms with Gasteiger partial charge in [0.25, 0.3) is 0 Å². The summed E-state index contributed by atoms with van der Waals surface area (Å²) in [6, 6.07) is 0.0836. The summed E-state index contributed by atoms with van der Waals surface area (Å²) in [4.78, 5) is 0. The molecule has 1 rings (SSSR count). The van der Waals surface area contributed by atoms with Gasteiger partial charge in [-0.15, -0.1) is 0 Å². The number of nitrogens with one attached hydrogen (secondary N) is 1. The molecule has 0 spiro atoms. The third kappa shape index (κ3) is 4.62. The van der Waals surface area contributed by atoms with Gasteiger partial charge in [0.1, 0.15) is 12.7 Å². The van der Waals surface area contributed by atoms with Crippen LogP contribution in [0.4, 0.5) is 17.6 Å². The predicted octanol–water partition coefficient (Wildman–Crippen LogP) is 1.22. The van der Waals surface area contributed by atoms with Crippen LogP contribution in [0.3, 0.4) is 0 Å². The number of hydrogen-bond acceptors (Lipinski definition) is 4. The summed E-state index contributed by atoms with van der Waals surface area (Å²) in [6.07, 6.45) is -1.10. The molecule has 0 radical (unpaired) electrons. The summed E-state index contributed by atoms with van der Waals surface area (Å²) in [7, 11) is 1.51. The van der Waals surface area contributed by atoms with Crippen LogP contribution in [0.5, 0.6) is 5.75 Å². The number of benzene rings is 1. The topological polar surface area (TPSA) is 50.7 Å². The van der Waals surface area contributed by atoms with Gasteiger partial charge in [-0.05, 0) is 0 Å². The minimum absolute atomic E-state index is 0.0738. The van der Waals surface area contributed by atoms with Crippen molar-refractivity contribution in [2.24, 2.45) is 0 Å². The fourth-order valence-electron chi connectivity index (χ4n) is 1.36. The van der Waals surface area contributed by atoms with Crippen LogP contribution in [-0.2, 0) is 4.74 Å². The standard InChI is InChI=1S/C12H15F4NO3/c1-19-3-2-17-5-7(18)6-20-12-10(15)8(13)4-9(14)11(12)16/h4,7,17-18H,2-3,5-6H2,1H3. The van der Waals surface area contributed by atoms with Gasteiger partial charge < -0.3 is 19.9 Å². The Labute approximate surface area is 113 Å². The third-order valence-corrected chi connectivity index (χ3v) is 2.35. The first-order chi connectivity index (χ1) is 9.47. The molecule has 0 aromatic heterocycles. The van der Waals surface area contributed by atoms with Crippen LogP contribution in [0.15, 0.2) is 6.07 Å². The zero-order chi connectivity index (χ0) is 15.1. The SMILES string of the molecule is COCCNCC(O)COc1c(F)c(F)cc(F)c1F. The second-order valence-electron chi connectivity index (χ2n) is 3.96. The Kier molecular flexibility index (Phi) is 6.69. The molecule has 1 atom stereocenters. The van der Waals surface area contributed by atoms with Crippen LogP contribution in [0.25, 0.3) is 0 Å². The van der Waals surface area contributed by atoms with Crippen molar-refractivity contribution in [3.63, 3.8) is 0 Å². The van der Waals surface area contributed by atoms with Crippen LogP contribution in [0.2, 0.25) is 0 Å². The maximum atomic E-state index is 13.2. The number of ether oxygens (including phenoxy) is 2. The van der Waals surface area contributed by atoms with Crippen molar-refractivity contribution in [1.82, 2.24) is 5.32 Å². The largest absolute Gasteiger partial charge is 0.485 e. The lowest BCUT2D eigenvalue weighted by Crippen LogP contribution is -2.33. The Morgan fingerprint density at radius 3 is 2.35 bits per heavy atom. The molecule has 0 aliphatic heterocycles. The van der Waals surface area contributed by atoms with Gasteiger partial charge in [-0.1, -0.05) is 0 Å². The first kappa shape index (κ1) is 16.7. The Hall–Kier alpha value is -1.38. The van der Waals surface area contributed by atoms with E-state index in [4.69, 9.17) is 4.74 Å². The molecule has 0 saturated heterocycles. The number of hydrogen-bond donors (Lipinski definition) is 2. The van der Waals surface area contributed by atoms with E-state index in [9.17, 15) is 22.7 Å². The second-order valence-corrected chi connectivity index (χ2v) is 3.96. The minimum Gasteiger partial charge on any atom is -0.485 e. The molecule has 4 nitrogen and oxygen atoms in total. The Morgan fingerprint density at radius 1 is 1.20 bits per heavy atom. The van der Waals surface area contributed by atoms with Crippen molar-refractivity contribution in [3.8, 4) is 5.75 Å². The lowest BCUT2D eigenvalue weighted by molar-refractivity contribution is 0.0978. The maximum absolute atomic E-state index is 13.2. The molecule has 0 bridgehead atoms. The molecule has 20 heavy (non-hydrogen) atoms. The van der Waals surface area contributed by atoms with E-state index in [2.05, 4.69) is 10.1 Å². The van der Waals surface area contributed by atoms with E-state index in [1.807, 2.05) is 0 Å². The Balaban J connectivity index is 2.53. The highest BCUT2D eigenvalue weighted by molar-refractivity contribution is 5.28. The molecule has 0 aliphatic rings. The number of rotatable bonds is 8. The predicted molar refractivity (Wildman–Crippen MR) is 62.5 cm³/mol. The minimum atomic E-state index is -1.64. The molecular formula is C12H15F4NO3. The normalized spacial score (nSPS) is 12.5. The quantitative estimate of drug-likeness (QED) is 0.430. The van der Waals surface area contributed by atoms with Crippen LogP contribution >= 0.6 is 0 Å². The average Bonchev–Trinajstić information content (AvgIpc) is 2.41. The molecule has 0 saturated carbocycles. The number of methoxy groups -OCH3 is 1. The van der Waals surface area contributed by atoms with Crippen LogP contribution in [0, 0.1) is 23.3 Å². The van der Waals surface area contributed by atoms with E-state index in [0.717, 1.165) is 0 Å². The lowest BCUT2D eigenvalue weighted by Gasteiger charge is -2.14. The third-order valence-electron chi connectivity index (χ3n) is 2.35. The molecule has 1 unspecified atom stereocenters. The van der Waals surface area contributed by atoms with Crippen molar-refractivity contribution >= 4 is 0 Å². The van der Waals surface area contributed by atoms with Gasteiger partial charge in [-0.25, -0.2) is 8.78 Å². The number of halogens is 4. The highest BCUT2D eigenvalue weighted by atomic mass is 19.2. The lowest BCUT2D eigenvalue weighted by atomic mass is 10.3. The van der Waals surface area contributed by atoms with Crippen molar-refractivity contribution in [3.05, 3.63) is 29.3 Å². The van der Waals surface area contributed by atoms with Crippen molar-refractivity contribution in [2.45, 2.75) is 6.10 Å². The number of aliphatic hydroxyl groups excluding tert-OH is 1. The first-order valence-corrected chi connectivity index (χ1v) is 5.80. The fraction of sp³-hybridized carbons (Fsp3) is 0.500. The van der Waals surface area contributed by atoms with Crippen LogP contribution < -0.4 is 10.1 Å². The van der Waals surface area contributed by atoms with Crippen LogP contribution in [-0.4, -0.2) is 44.6 Å². The van der Waals surface area contributed by atoms with E-state index in [1.54, 1.807) is 0 Å². The van der Waals surface area contributed by atoms with Gasteiger partial charge in [0, 0.05) is 26.3 Å². The Bertz CT molecular complexity index is 419. The van der Waals surface area contributed by atoms with E-state index in [1.165, 1.54) is 7.11 Å². The maximum Gasteiger partial charge on any atom is 0.203 e. The molecule has 0 fully saturated rings. The number of aliphatic hydroxyl groups is 1. The Morgan fingerprint density at radius 2 is 1.80 bits per heavy atom. The van der Waals surface area contributed by atoms with E-state index in [0.29, 0.717) is 13.2 Å². The summed E-state index contributed by atoms with van der Waals surface area (Å²) in [5, 5.41) is 12.3. The summed E-state index contributed by atoms with van der Waals surface area (Å²) in [5.74, 6) is -7.58. The van der Waals surface area contributed by atoms with Gasteiger partial charge in [-0.3, -0.25) is 0 Å². The molecule has 114 valence electrons. The van der Waals surface area contributed by atoms with Crippen molar-refractivity contribution in [2.75, 3.05) is 33.4 Å². The molecule has 0 aliphatic carbocycles. The van der Waals surface area contributed by atoms with Crippen molar-refractivity contribution in [1.29, 1.82) is 0 Å². The summed E-state index contributed by atoms with van der Waals surface area (Å²) in [5.41, 5.74) is 0. The van der Waals surface area contributed by atoms with Gasteiger partial charge in [0.05, 0.1) is 6.61 Å². The van der Waals surface area contributed by atoms with Gasteiger partial charge in [0.15, 0.2) is 17.4 Å². The monoisotopic (exact) mass is 297 g/mol. The van der Waals surface area contributed by atoms with Gasteiger partial charge in [-0.2, -0.15) is 8.78 Å². The molecule has 1 aromatic carbocycles. The van der Waals surface area contributed by atoms with E-state index in [-0.39, 0.29) is 12.6 Å². The highest BCUT2D eigenvalue weighted by Gasteiger charge is 2.21. The summed E-state index contributed by atoms with van der Waals surface area (Å²) < 4.78 is 61.6. The van der Waals surface area contributed by atoms with E-state index >= 15 is 0 Å². The summed E-state index contributed by atoms with van der Waals surface area (Å²) >= 11 is 0. The zero-order valence-electron chi connectivity index (χ0n) is 10.8. The first-order valence-electron chi connectivity index (χ1n) is 5.80. The molecule has 1 aromatic rings. The van der Waals surface area contributed by atoms with Gasteiger partial charge >= 0.3 is 0 Å². The summed E-state index contributed by atoms with van der Waals surface area (Å²) in [6.45, 7) is 0.442. The van der Waals surface area contributed by atoms with E-state index < -0.39 is 41.7 Å². The smallest absolute Gasteiger partial charge is 0.203 e. The highest BCUT2D eigenvalue weighted by Crippen LogP contribution is 2.26. The molecule has 0 amide bonds. The van der Waals surface area contributed by atoms with Crippen molar-refractivity contribution < 1.29 is 32.1 Å². The van der Waals surface area contributed by atoms with Gasteiger partial charge in [0.2, 0.25) is 11.6 Å². The molecule has 2 N–H and O–H groups in total. The fourth-order valence-corrected chi connectivity index (χ4v) is 1.36. The van der Waals surface area contributed by atoms with Crippen LogP contribution in [0.1, 0.15) is 0 Å².